The van der Waals surface area contributed by atoms with Crippen molar-refractivity contribution in [2.75, 3.05) is 28.1 Å². The van der Waals surface area contributed by atoms with E-state index in [1.54, 1.807) is 30.8 Å². The molecule has 0 radical (unpaired) electrons. The number of carbonyl (C=O) groups is 1. The Bertz CT molecular complexity index is 1370. The lowest BCUT2D eigenvalue weighted by Crippen LogP contribution is -2.27. The maximum atomic E-state index is 13.6. The zero-order valence-electron chi connectivity index (χ0n) is 19.7. The number of methoxy groups -OCH3 is 2. The quantitative estimate of drug-likeness (QED) is 0.394. The SMILES string of the molecule is COc1ccc(-c2cn(-c3ccccc3)nc2C(=O)N(C)Cc2ccc3c(c2)OCO3)cc1OC. The predicted octanol–water partition coefficient (Wildman–Crippen LogP) is 4.56. The molecule has 4 aromatic rings. The van der Waals surface area contributed by atoms with Crippen molar-refractivity contribution in [2.45, 2.75) is 6.54 Å². The normalized spacial score (nSPS) is 11.9. The Labute approximate surface area is 203 Å². The summed E-state index contributed by atoms with van der Waals surface area (Å²) in [5.41, 5.74) is 3.61. The van der Waals surface area contributed by atoms with Crippen LogP contribution >= 0.6 is 0 Å². The van der Waals surface area contributed by atoms with Crippen LogP contribution in [0.15, 0.2) is 72.9 Å². The van der Waals surface area contributed by atoms with Crippen LogP contribution < -0.4 is 18.9 Å². The molecule has 5 rings (SSSR count). The summed E-state index contributed by atoms with van der Waals surface area (Å²) in [6.45, 7) is 0.595. The van der Waals surface area contributed by atoms with E-state index in [2.05, 4.69) is 5.10 Å². The number of amides is 1. The van der Waals surface area contributed by atoms with Gasteiger partial charge in [0.1, 0.15) is 0 Å². The summed E-state index contributed by atoms with van der Waals surface area (Å²) in [5.74, 6) is 2.37. The largest absolute Gasteiger partial charge is 0.493 e. The van der Waals surface area contributed by atoms with Crippen LogP contribution in [0, 0.1) is 0 Å². The maximum Gasteiger partial charge on any atom is 0.275 e. The molecule has 0 N–H and O–H groups in total. The monoisotopic (exact) mass is 471 g/mol. The van der Waals surface area contributed by atoms with Gasteiger partial charge in [0.15, 0.2) is 28.7 Å². The van der Waals surface area contributed by atoms with Crippen LogP contribution in [-0.2, 0) is 6.54 Å². The third-order valence-electron chi connectivity index (χ3n) is 5.84. The summed E-state index contributed by atoms with van der Waals surface area (Å²) in [4.78, 5) is 15.3. The Kier molecular flexibility index (Phi) is 6.01. The molecule has 0 aliphatic carbocycles. The average Bonchev–Trinajstić information content (AvgIpc) is 3.55. The molecule has 0 saturated carbocycles. The highest BCUT2D eigenvalue weighted by Gasteiger charge is 2.24. The highest BCUT2D eigenvalue weighted by molar-refractivity contribution is 5.99. The smallest absolute Gasteiger partial charge is 0.275 e. The third-order valence-corrected chi connectivity index (χ3v) is 5.84. The second-order valence-electron chi connectivity index (χ2n) is 8.09. The summed E-state index contributed by atoms with van der Waals surface area (Å²) in [7, 11) is 4.93. The van der Waals surface area contributed by atoms with E-state index in [1.165, 1.54) is 0 Å². The predicted molar refractivity (Wildman–Crippen MR) is 130 cm³/mol. The summed E-state index contributed by atoms with van der Waals surface area (Å²) >= 11 is 0. The van der Waals surface area contributed by atoms with Crippen molar-refractivity contribution in [1.82, 2.24) is 14.7 Å². The number of rotatable bonds is 7. The van der Waals surface area contributed by atoms with Gasteiger partial charge < -0.3 is 23.8 Å². The van der Waals surface area contributed by atoms with E-state index in [0.29, 0.717) is 40.8 Å². The molecule has 35 heavy (non-hydrogen) atoms. The fourth-order valence-corrected chi connectivity index (χ4v) is 4.03. The molecular weight excluding hydrogens is 446 g/mol. The van der Waals surface area contributed by atoms with Crippen molar-refractivity contribution in [2.24, 2.45) is 0 Å². The fraction of sp³-hybridized carbons (Fsp3) is 0.185. The van der Waals surface area contributed by atoms with Crippen molar-refractivity contribution in [1.29, 1.82) is 0 Å². The molecule has 0 spiro atoms. The number of carbonyl (C=O) groups excluding carboxylic acids is 1. The third kappa shape index (κ3) is 4.38. The van der Waals surface area contributed by atoms with E-state index >= 15 is 0 Å². The number of para-hydroxylation sites is 1. The van der Waals surface area contributed by atoms with E-state index in [1.807, 2.05) is 72.9 Å². The van der Waals surface area contributed by atoms with Crippen LogP contribution in [-0.4, -0.2) is 48.6 Å². The highest BCUT2D eigenvalue weighted by atomic mass is 16.7. The lowest BCUT2D eigenvalue weighted by atomic mass is 10.0. The van der Waals surface area contributed by atoms with Gasteiger partial charge in [-0.05, 0) is 47.5 Å². The minimum atomic E-state index is -0.206. The zero-order valence-corrected chi connectivity index (χ0v) is 19.7. The summed E-state index contributed by atoms with van der Waals surface area (Å²) < 4.78 is 23.4. The molecule has 0 saturated heterocycles. The van der Waals surface area contributed by atoms with Crippen LogP contribution in [0.2, 0.25) is 0 Å². The minimum Gasteiger partial charge on any atom is -0.493 e. The number of ether oxygens (including phenoxy) is 4. The van der Waals surface area contributed by atoms with Crippen molar-refractivity contribution < 1.29 is 23.7 Å². The van der Waals surface area contributed by atoms with E-state index in [0.717, 1.165) is 16.8 Å². The standard InChI is InChI=1S/C27H25N3O5/c1-29(15-18-9-11-23-25(13-18)35-17-34-23)27(31)26-21(16-30(28-26)20-7-5-4-6-8-20)19-10-12-22(32-2)24(14-19)33-3/h4-14,16H,15,17H2,1-3H3. The van der Waals surface area contributed by atoms with Gasteiger partial charge in [-0.25, -0.2) is 4.68 Å². The molecule has 8 nitrogen and oxygen atoms in total. The van der Waals surface area contributed by atoms with Gasteiger partial charge in [0.25, 0.3) is 5.91 Å². The Morgan fingerprint density at radius 1 is 0.971 bits per heavy atom. The van der Waals surface area contributed by atoms with E-state index in [9.17, 15) is 4.79 Å². The molecule has 0 atom stereocenters. The number of benzene rings is 3. The first-order valence-corrected chi connectivity index (χ1v) is 11.1. The lowest BCUT2D eigenvalue weighted by Gasteiger charge is -2.17. The minimum absolute atomic E-state index is 0.206. The number of aromatic nitrogens is 2. The van der Waals surface area contributed by atoms with Gasteiger partial charge in [0.05, 0.1) is 19.9 Å². The summed E-state index contributed by atoms with van der Waals surface area (Å²) in [6.07, 6.45) is 1.86. The van der Waals surface area contributed by atoms with Gasteiger partial charge in [-0.3, -0.25) is 4.79 Å². The first kappa shape index (κ1) is 22.3. The molecule has 3 aromatic carbocycles. The van der Waals surface area contributed by atoms with Crippen LogP contribution in [0.5, 0.6) is 23.0 Å². The molecule has 0 unspecified atom stereocenters. The molecule has 0 bridgehead atoms. The van der Waals surface area contributed by atoms with Gasteiger partial charge in [0, 0.05) is 25.4 Å². The second kappa shape index (κ2) is 9.42. The molecule has 1 aliphatic rings. The average molecular weight is 472 g/mol. The Morgan fingerprint density at radius 2 is 1.74 bits per heavy atom. The van der Waals surface area contributed by atoms with Crippen molar-refractivity contribution in [3.05, 3.63) is 84.2 Å². The molecule has 2 heterocycles. The topological polar surface area (TPSA) is 75.1 Å². The molecule has 8 heteroatoms. The van der Waals surface area contributed by atoms with Crippen molar-refractivity contribution in [3.8, 4) is 39.8 Å². The van der Waals surface area contributed by atoms with Gasteiger partial charge in [-0.2, -0.15) is 5.10 Å². The summed E-state index contributed by atoms with van der Waals surface area (Å²) in [5, 5.41) is 4.68. The number of nitrogens with zero attached hydrogens (tertiary/aromatic N) is 3. The van der Waals surface area contributed by atoms with E-state index in [-0.39, 0.29) is 12.7 Å². The van der Waals surface area contributed by atoms with E-state index in [4.69, 9.17) is 18.9 Å². The molecular formula is C27H25N3O5. The Hall–Kier alpha value is -4.46. The Balaban J connectivity index is 1.51. The summed E-state index contributed by atoms with van der Waals surface area (Å²) in [6, 6.07) is 20.9. The molecule has 1 aliphatic heterocycles. The maximum absolute atomic E-state index is 13.6. The molecule has 1 aromatic heterocycles. The van der Waals surface area contributed by atoms with Crippen LogP contribution in [0.25, 0.3) is 16.8 Å². The van der Waals surface area contributed by atoms with Gasteiger partial charge >= 0.3 is 0 Å². The zero-order chi connectivity index (χ0) is 24.4. The van der Waals surface area contributed by atoms with Gasteiger partial charge in [-0.15, -0.1) is 0 Å². The molecule has 178 valence electrons. The van der Waals surface area contributed by atoms with E-state index < -0.39 is 0 Å². The van der Waals surface area contributed by atoms with Gasteiger partial charge in [-0.1, -0.05) is 30.3 Å². The second-order valence-corrected chi connectivity index (χ2v) is 8.09. The van der Waals surface area contributed by atoms with Crippen LogP contribution in [0.1, 0.15) is 16.1 Å². The van der Waals surface area contributed by atoms with Crippen molar-refractivity contribution in [3.63, 3.8) is 0 Å². The first-order valence-electron chi connectivity index (χ1n) is 11.1. The Morgan fingerprint density at radius 3 is 2.51 bits per heavy atom. The van der Waals surface area contributed by atoms with Crippen molar-refractivity contribution >= 4 is 5.91 Å². The van der Waals surface area contributed by atoms with Crippen LogP contribution in [0.4, 0.5) is 0 Å². The highest BCUT2D eigenvalue weighted by Crippen LogP contribution is 2.35. The number of fused-ring (bicyclic) bond motifs is 1. The lowest BCUT2D eigenvalue weighted by molar-refractivity contribution is 0.0779. The fourth-order valence-electron chi connectivity index (χ4n) is 4.03. The van der Waals surface area contributed by atoms with Crippen LogP contribution in [0.3, 0.4) is 0 Å². The molecule has 0 fully saturated rings. The first-order chi connectivity index (χ1) is 17.1. The van der Waals surface area contributed by atoms with Gasteiger partial charge in [0.2, 0.25) is 6.79 Å². The molecule has 1 amide bonds. The number of hydrogen-bond donors (Lipinski definition) is 0. The number of hydrogen-bond acceptors (Lipinski definition) is 6.